The Kier molecular flexibility index (Phi) is 17.3. The van der Waals surface area contributed by atoms with Crippen molar-refractivity contribution in [2.75, 3.05) is 6.61 Å². The van der Waals surface area contributed by atoms with Crippen LogP contribution in [0.3, 0.4) is 0 Å². The third kappa shape index (κ3) is 19.4. The van der Waals surface area contributed by atoms with E-state index >= 15 is 0 Å². The van der Waals surface area contributed by atoms with Crippen LogP contribution in [0.5, 0.6) is 0 Å². The molecule has 0 bridgehead atoms. The van der Waals surface area contributed by atoms with Crippen LogP contribution in [0.1, 0.15) is 71.1 Å². The number of unbranched alkanes of at least 4 members (excludes halogenated alkanes) is 9. The molecule has 0 aliphatic rings. The first-order valence-electron chi connectivity index (χ1n) is 6.76. The molecule has 0 saturated carbocycles. The van der Waals surface area contributed by atoms with E-state index in [9.17, 15) is 4.57 Å². The Labute approximate surface area is 133 Å². The molecular weight excluding hydrogens is 262 g/mol. The monoisotopic (exact) mass is 290 g/mol. The number of hydrogen-bond donors (Lipinski definition) is 2. The molecule has 0 rings (SSSR count). The molecule has 0 heterocycles. The van der Waals surface area contributed by atoms with E-state index in [1.807, 2.05) is 0 Å². The Bertz CT molecular complexity index is 208. The molecule has 0 aromatic carbocycles. The quantitative estimate of drug-likeness (QED) is 0.328. The van der Waals surface area contributed by atoms with Gasteiger partial charge in [0.2, 0.25) is 0 Å². The van der Waals surface area contributed by atoms with Crippen LogP contribution in [0.15, 0.2) is 0 Å². The predicted octanol–water partition coefficient (Wildman–Crippen LogP) is 3.37. The van der Waals surface area contributed by atoms with Gasteiger partial charge in [-0.2, -0.15) is 0 Å². The van der Waals surface area contributed by atoms with Gasteiger partial charge in [0.05, 0.1) is 6.61 Å². The van der Waals surface area contributed by atoms with E-state index in [1.54, 1.807) is 0 Å². The molecular formula is C12H28NaO4P. The maximum absolute atomic E-state index is 10.4. The Morgan fingerprint density at radius 2 is 1.22 bits per heavy atom. The van der Waals surface area contributed by atoms with Gasteiger partial charge in [-0.25, -0.2) is 4.57 Å². The van der Waals surface area contributed by atoms with Gasteiger partial charge in [-0.3, -0.25) is 4.52 Å². The van der Waals surface area contributed by atoms with Crippen molar-refractivity contribution < 1.29 is 18.9 Å². The normalized spacial score (nSPS) is 11.3. The van der Waals surface area contributed by atoms with Gasteiger partial charge in [-0.15, -0.1) is 0 Å². The number of phosphoric acid groups is 1. The van der Waals surface area contributed by atoms with Crippen molar-refractivity contribution in [1.29, 1.82) is 0 Å². The maximum atomic E-state index is 10.4. The summed E-state index contributed by atoms with van der Waals surface area (Å²) < 4.78 is 14.7. The summed E-state index contributed by atoms with van der Waals surface area (Å²) in [6.45, 7) is 2.39. The van der Waals surface area contributed by atoms with E-state index < -0.39 is 7.82 Å². The Morgan fingerprint density at radius 3 is 1.61 bits per heavy atom. The van der Waals surface area contributed by atoms with Crippen LogP contribution in [0.4, 0.5) is 0 Å². The van der Waals surface area contributed by atoms with Gasteiger partial charge in [0.1, 0.15) is 0 Å². The van der Waals surface area contributed by atoms with E-state index in [0.29, 0.717) is 0 Å². The van der Waals surface area contributed by atoms with Crippen molar-refractivity contribution in [3.8, 4) is 0 Å². The summed E-state index contributed by atoms with van der Waals surface area (Å²) in [6.07, 6.45) is 12.0. The molecule has 0 fully saturated rings. The standard InChI is InChI=1S/C12H27O4P.Na.H/c1-2-3-4-5-6-7-8-9-10-11-12-16-17(13,14)15;;/h2-12H2,1H3,(H2,13,14,15);;. The minimum absolute atomic E-state index is 0. The Morgan fingerprint density at radius 1 is 0.833 bits per heavy atom. The summed E-state index contributed by atoms with van der Waals surface area (Å²) in [6, 6.07) is 0. The molecule has 2 N–H and O–H groups in total. The van der Waals surface area contributed by atoms with Gasteiger partial charge < -0.3 is 9.79 Å². The summed E-state index contributed by atoms with van der Waals surface area (Å²) >= 11 is 0. The number of hydrogen-bond acceptors (Lipinski definition) is 2. The fourth-order valence-corrected chi connectivity index (χ4v) is 2.14. The van der Waals surface area contributed by atoms with Crippen molar-refractivity contribution in [3.63, 3.8) is 0 Å². The molecule has 0 amide bonds. The molecule has 0 unspecified atom stereocenters. The number of phosphoric ester groups is 1. The van der Waals surface area contributed by atoms with Gasteiger partial charge in [0.25, 0.3) is 0 Å². The van der Waals surface area contributed by atoms with Crippen LogP contribution in [0.25, 0.3) is 0 Å². The topological polar surface area (TPSA) is 66.8 Å². The third-order valence-corrected chi connectivity index (χ3v) is 3.28. The molecule has 0 aromatic rings. The van der Waals surface area contributed by atoms with Crippen LogP contribution in [0.2, 0.25) is 0 Å². The van der Waals surface area contributed by atoms with Crippen molar-refractivity contribution >= 4 is 37.4 Å². The fourth-order valence-electron chi connectivity index (χ4n) is 1.77. The Balaban J connectivity index is 0. The molecule has 4 nitrogen and oxygen atoms in total. The van der Waals surface area contributed by atoms with Gasteiger partial charge in [-0.05, 0) is 6.42 Å². The molecule has 6 heteroatoms. The second kappa shape index (κ2) is 14.5. The average molecular weight is 290 g/mol. The van der Waals surface area contributed by atoms with Gasteiger partial charge in [0.15, 0.2) is 0 Å². The number of rotatable bonds is 12. The van der Waals surface area contributed by atoms with E-state index in [2.05, 4.69) is 11.4 Å². The Hall–Kier alpha value is 1.11. The molecule has 0 saturated heterocycles. The first kappa shape index (κ1) is 21.4. The molecule has 0 atom stereocenters. The minimum atomic E-state index is -4.24. The van der Waals surface area contributed by atoms with Crippen molar-refractivity contribution in [2.45, 2.75) is 71.1 Å². The summed E-state index contributed by atoms with van der Waals surface area (Å²) in [7, 11) is -4.24. The summed E-state index contributed by atoms with van der Waals surface area (Å²) in [5.74, 6) is 0. The zero-order chi connectivity index (χ0) is 13.0. The van der Waals surface area contributed by atoms with Crippen LogP contribution in [0, 0.1) is 0 Å². The zero-order valence-electron chi connectivity index (χ0n) is 10.9. The second-order valence-electron chi connectivity index (χ2n) is 4.51. The van der Waals surface area contributed by atoms with E-state index in [4.69, 9.17) is 9.79 Å². The average Bonchev–Trinajstić information content (AvgIpc) is 2.24. The van der Waals surface area contributed by atoms with E-state index in [1.165, 1.54) is 44.9 Å². The summed E-state index contributed by atoms with van der Waals surface area (Å²) in [4.78, 5) is 16.9. The van der Waals surface area contributed by atoms with Crippen LogP contribution in [-0.2, 0) is 9.09 Å². The van der Waals surface area contributed by atoms with Crippen LogP contribution < -0.4 is 0 Å². The second-order valence-corrected chi connectivity index (χ2v) is 5.75. The molecule has 18 heavy (non-hydrogen) atoms. The van der Waals surface area contributed by atoms with Gasteiger partial charge in [-0.1, -0.05) is 64.7 Å². The SMILES string of the molecule is CCCCCCCCCCCCOP(=O)(O)O.[NaH]. The predicted molar refractivity (Wildman–Crippen MR) is 77.0 cm³/mol. The molecule has 0 spiro atoms. The summed E-state index contributed by atoms with van der Waals surface area (Å²) in [5, 5.41) is 0. The van der Waals surface area contributed by atoms with Gasteiger partial charge in [0, 0.05) is 0 Å². The zero-order valence-corrected chi connectivity index (χ0v) is 11.8. The van der Waals surface area contributed by atoms with Crippen molar-refractivity contribution in [3.05, 3.63) is 0 Å². The van der Waals surface area contributed by atoms with Crippen LogP contribution in [-0.4, -0.2) is 46.0 Å². The molecule has 0 radical (unpaired) electrons. The van der Waals surface area contributed by atoms with Gasteiger partial charge >= 0.3 is 37.4 Å². The van der Waals surface area contributed by atoms with Crippen molar-refractivity contribution in [1.82, 2.24) is 0 Å². The fraction of sp³-hybridized carbons (Fsp3) is 1.00. The van der Waals surface area contributed by atoms with Crippen LogP contribution >= 0.6 is 7.82 Å². The summed E-state index contributed by atoms with van der Waals surface area (Å²) in [5.41, 5.74) is 0. The first-order valence-corrected chi connectivity index (χ1v) is 8.29. The van der Waals surface area contributed by atoms with E-state index in [-0.39, 0.29) is 36.2 Å². The first-order chi connectivity index (χ1) is 8.06. The van der Waals surface area contributed by atoms with Crippen molar-refractivity contribution in [2.24, 2.45) is 0 Å². The molecule has 0 aliphatic heterocycles. The molecule has 0 aromatic heterocycles. The van der Waals surface area contributed by atoms with E-state index in [0.717, 1.165) is 19.3 Å². The third-order valence-electron chi connectivity index (χ3n) is 2.76. The molecule has 106 valence electrons. The molecule has 0 aliphatic carbocycles.